The van der Waals surface area contributed by atoms with Gasteiger partial charge in [0.05, 0.1) is 6.20 Å². The SMILES string of the molecule is Cc1ccccc1Oc1ncc2nc(-c3cc(C)c(OCC(=O)N4CCC[C@H]4C(=O)O)c(C)c3)oc2n1. The molecule has 0 bridgehead atoms. The second kappa shape index (κ2) is 9.88. The third-order valence-electron chi connectivity index (χ3n) is 6.33. The highest BCUT2D eigenvalue weighted by molar-refractivity contribution is 5.85. The highest BCUT2D eigenvalue weighted by atomic mass is 16.5. The zero-order valence-corrected chi connectivity index (χ0v) is 20.7. The van der Waals surface area contributed by atoms with E-state index in [0.717, 1.165) is 22.3 Å². The molecule has 37 heavy (non-hydrogen) atoms. The molecule has 1 N–H and O–H groups in total. The van der Waals surface area contributed by atoms with Crippen LogP contribution in [0.25, 0.3) is 22.7 Å². The molecule has 1 aliphatic heterocycles. The Labute approximate surface area is 212 Å². The molecule has 4 aromatic rings. The minimum atomic E-state index is -0.987. The monoisotopic (exact) mass is 502 g/mol. The van der Waals surface area contributed by atoms with Gasteiger partial charge in [-0.05, 0) is 68.5 Å². The normalized spacial score (nSPS) is 15.2. The number of aliphatic carboxylic acids is 1. The van der Waals surface area contributed by atoms with Crippen molar-refractivity contribution < 1.29 is 28.6 Å². The fourth-order valence-corrected chi connectivity index (χ4v) is 4.50. The number of ether oxygens (including phenoxy) is 2. The van der Waals surface area contributed by atoms with Crippen LogP contribution in [-0.4, -0.2) is 56.0 Å². The van der Waals surface area contributed by atoms with E-state index in [2.05, 4.69) is 15.0 Å². The number of rotatable bonds is 7. The van der Waals surface area contributed by atoms with Crippen molar-refractivity contribution in [2.24, 2.45) is 0 Å². The van der Waals surface area contributed by atoms with E-state index in [-0.39, 0.29) is 18.5 Å². The van der Waals surface area contributed by atoms with Gasteiger partial charge in [0.2, 0.25) is 5.89 Å². The first-order valence-corrected chi connectivity index (χ1v) is 11.9. The van der Waals surface area contributed by atoms with E-state index in [4.69, 9.17) is 13.9 Å². The summed E-state index contributed by atoms with van der Waals surface area (Å²) < 4.78 is 17.5. The number of fused-ring (bicyclic) bond motifs is 1. The van der Waals surface area contributed by atoms with Gasteiger partial charge in [0.25, 0.3) is 11.6 Å². The molecule has 2 aromatic carbocycles. The van der Waals surface area contributed by atoms with E-state index in [9.17, 15) is 14.7 Å². The van der Waals surface area contributed by atoms with Crippen LogP contribution in [0, 0.1) is 20.8 Å². The van der Waals surface area contributed by atoms with Crippen molar-refractivity contribution in [2.75, 3.05) is 13.2 Å². The Morgan fingerprint density at radius 3 is 2.59 bits per heavy atom. The van der Waals surface area contributed by atoms with Gasteiger partial charge in [0.1, 0.15) is 23.1 Å². The Morgan fingerprint density at radius 1 is 1.11 bits per heavy atom. The topological polar surface area (TPSA) is 128 Å². The smallest absolute Gasteiger partial charge is 0.326 e. The third kappa shape index (κ3) is 4.95. The summed E-state index contributed by atoms with van der Waals surface area (Å²) in [6.45, 7) is 5.86. The Balaban J connectivity index is 1.33. The maximum atomic E-state index is 12.6. The maximum Gasteiger partial charge on any atom is 0.326 e. The number of aromatic nitrogens is 3. The lowest BCUT2D eigenvalue weighted by Gasteiger charge is -2.22. The second-order valence-electron chi connectivity index (χ2n) is 9.04. The van der Waals surface area contributed by atoms with E-state index in [1.807, 2.05) is 57.2 Å². The highest BCUT2D eigenvalue weighted by Crippen LogP contribution is 2.32. The van der Waals surface area contributed by atoms with Crippen LogP contribution in [0.1, 0.15) is 29.5 Å². The van der Waals surface area contributed by atoms with Gasteiger partial charge in [-0.15, -0.1) is 0 Å². The number of benzene rings is 2. The molecule has 1 amide bonds. The highest BCUT2D eigenvalue weighted by Gasteiger charge is 2.34. The Morgan fingerprint density at radius 2 is 1.86 bits per heavy atom. The standard InChI is InChI=1S/C27H26N4O6/c1-15-7-4-5-9-21(15)36-27-28-13-19-25(30-27)37-24(29-19)18-11-16(2)23(17(3)12-18)35-14-22(32)31-10-6-8-20(31)26(33)34/h4-5,7,9,11-13,20H,6,8,10,14H2,1-3H3,(H,33,34)/t20-/m0/s1. The van der Waals surface area contributed by atoms with Gasteiger partial charge in [-0.2, -0.15) is 4.98 Å². The average molecular weight is 503 g/mol. The van der Waals surface area contributed by atoms with Gasteiger partial charge in [-0.25, -0.2) is 14.8 Å². The molecule has 1 atom stereocenters. The summed E-state index contributed by atoms with van der Waals surface area (Å²) in [5.74, 6) is 0.263. The van der Waals surface area contributed by atoms with Crippen LogP contribution in [-0.2, 0) is 9.59 Å². The molecule has 0 aliphatic carbocycles. The molecule has 3 heterocycles. The molecule has 0 spiro atoms. The van der Waals surface area contributed by atoms with Crippen LogP contribution in [0.4, 0.5) is 0 Å². The summed E-state index contributed by atoms with van der Waals surface area (Å²) in [6.07, 6.45) is 2.68. The van der Waals surface area contributed by atoms with Crippen LogP contribution < -0.4 is 9.47 Å². The van der Waals surface area contributed by atoms with E-state index in [1.54, 1.807) is 6.20 Å². The first-order valence-electron chi connectivity index (χ1n) is 11.9. The number of carboxylic acid groups (broad SMARTS) is 1. The van der Waals surface area contributed by atoms with Crippen molar-refractivity contribution in [1.29, 1.82) is 0 Å². The molecule has 0 saturated carbocycles. The van der Waals surface area contributed by atoms with Gasteiger partial charge in [-0.3, -0.25) is 4.79 Å². The van der Waals surface area contributed by atoms with Crippen molar-refractivity contribution in [3.8, 4) is 29.0 Å². The molecule has 190 valence electrons. The predicted octanol–water partition coefficient (Wildman–Crippen LogP) is 4.46. The first-order chi connectivity index (χ1) is 17.8. The van der Waals surface area contributed by atoms with E-state index in [0.29, 0.717) is 48.0 Å². The Bertz CT molecular complexity index is 1470. The zero-order chi connectivity index (χ0) is 26.1. The number of oxazole rings is 1. The molecule has 2 aromatic heterocycles. The molecule has 1 saturated heterocycles. The van der Waals surface area contributed by atoms with Crippen LogP contribution in [0.15, 0.2) is 47.0 Å². The maximum absolute atomic E-state index is 12.6. The second-order valence-corrected chi connectivity index (χ2v) is 9.04. The summed E-state index contributed by atoms with van der Waals surface area (Å²) in [7, 11) is 0. The van der Waals surface area contributed by atoms with Gasteiger partial charge >= 0.3 is 12.0 Å². The van der Waals surface area contributed by atoms with Crippen molar-refractivity contribution >= 4 is 23.1 Å². The molecular weight excluding hydrogens is 476 g/mol. The number of hydrogen-bond donors (Lipinski definition) is 1. The van der Waals surface area contributed by atoms with Crippen molar-refractivity contribution in [3.05, 3.63) is 59.3 Å². The third-order valence-corrected chi connectivity index (χ3v) is 6.33. The molecule has 1 aliphatic rings. The quantitative estimate of drug-likeness (QED) is 0.389. The lowest BCUT2D eigenvalue weighted by molar-refractivity contribution is -0.149. The fraction of sp³-hybridized carbons (Fsp3) is 0.296. The van der Waals surface area contributed by atoms with Gasteiger partial charge in [-0.1, -0.05) is 18.2 Å². The predicted molar refractivity (Wildman–Crippen MR) is 134 cm³/mol. The molecule has 10 heteroatoms. The van der Waals surface area contributed by atoms with Gasteiger partial charge in [0.15, 0.2) is 6.61 Å². The van der Waals surface area contributed by atoms with Crippen LogP contribution in [0.5, 0.6) is 17.5 Å². The number of aryl methyl sites for hydroxylation is 3. The minimum Gasteiger partial charge on any atom is -0.483 e. The van der Waals surface area contributed by atoms with E-state index in [1.165, 1.54) is 4.90 Å². The van der Waals surface area contributed by atoms with E-state index < -0.39 is 12.0 Å². The first kappa shape index (κ1) is 24.2. The molecule has 10 nitrogen and oxygen atoms in total. The van der Waals surface area contributed by atoms with Gasteiger partial charge < -0.3 is 23.9 Å². The number of para-hydroxylation sites is 1. The molecule has 1 fully saturated rings. The lowest BCUT2D eigenvalue weighted by atomic mass is 10.1. The molecule has 0 unspecified atom stereocenters. The van der Waals surface area contributed by atoms with Crippen LogP contribution in [0.3, 0.4) is 0 Å². The number of carbonyl (C=O) groups excluding carboxylic acids is 1. The van der Waals surface area contributed by atoms with Gasteiger partial charge in [0, 0.05) is 12.1 Å². The van der Waals surface area contributed by atoms with Crippen molar-refractivity contribution in [1.82, 2.24) is 19.9 Å². The Hall–Kier alpha value is -4.47. The summed E-state index contributed by atoms with van der Waals surface area (Å²) >= 11 is 0. The molecule has 0 radical (unpaired) electrons. The number of nitrogens with zero attached hydrogens (tertiary/aromatic N) is 4. The number of carboxylic acids is 1. The fourth-order valence-electron chi connectivity index (χ4n) is 4.50. The summed E-state index contributed by atoms with van der Waals surface area (Å²) in [5.41, 5.74) is 4.05. The largest absolute Gasteiger partial charge is 0.483 e. The summed E-state index contributed by atoms with van der Waals surface area (Å²) in [4.78, 5) is 38.5. The lowest BCUT2D eigenvalue weighted by Crippen LogP contribution is -2.42. The minimum absolute atomic E-state index is 0.161. The molecular formula is C27H26N4O6. The number of amides is 1. The van der Waals surface area contributed by atoms with Crippen LogP contribution >= 0.6 is 0 Å². The summed E-state index contributed by atoms with van der Waals surface area (Å²) in [6, 6.07) is 10.7. The van der Waals surface area contributed by atoms with Crippen LogP contribution in [0.2, 0.25) is 0 Å². The summed E-state index contributed by atoms with van der Waals surface area (Å²) in [5, 5.41) is 9.32. The molecule has 5 rings (SSSR count). The van der Waals surface area contributed by atoms with Crippen molar-refractivity contribution in [2.45, 2.75) is 39.7 Å². The number of hydrogen-bond acceptors (Lipinski definition) is 8. The number of likely N-dealkylation sites (tertiary alicyclic amines) is 1. The van der Waals surface area contributed by atoms with Crippen molar-refractivity contribution in [3.63, 3.8) is 0 Å². The zero-order valence-electron chi connectivity index (χ0n) is 20.7. The Kier molecular flexibility index (Phi) is 6.47. The number of carbonyl (C=O) groups is 2. The van der Waals surface area contributed by atoms with E-state index >= 15 is 0 Å². The average Bonchev–Trinajstić information content (AvgIpc) is 3.52.